The number of nitrogens with two attached hydrogens (primary N) is 1. The summed E-state index contributed by atoms with van der Waals surface area (Å²) in [5, 5.41) is 3.10. The number of rotatable bonds is 3. The molecule has 0 bridgehead atoms. The molecule has 1 aromatic rings. The maximum Gasteiger partial charge on any atom is 0.223 e. The van der Waals surface area contributed by atoms with Crippen molar-refractivity contribution in [3.8, 4) is 0 Å². The Kier molecular flexibility index (Phi) is 4.47. The summed E-state index contributed by atoms with van der Waals surface area (Å²) in [5.41, 5.74) is 7.55. The van der Waals surface area contributed by atoms with Crippen molar-refractivity contribution >= 4 is 11.6 Å². The molecule has 0 saturated heterocycles. The zero-order valence-corrected chi connectivity index (χ0v) is 12.7. The number of anilines is 1. The summed E-state index contributed by atoms with van der Waals surface area (Å²) in [6.07, 6.45) is 8.94. The van der Waals surface area contributed by atoms with E-state index in [-0.39, 0.29) is 11.8 Å². The SMILES string of the molecule is Nc1ccc(CNC(=O)C2CCC3CCCCC3C2)cc1. The van der Waals surface area contributed by atoms with Crippen molar-refractivity contribution in [2.75, 3.05) is 5.73 Å². The molecule has 3 unspecified atom stereocenters. The van der Waals surface area contributed by atoms with Crippen LogP contribution in [0.3, 0.4) is 0 Å². The average molecular weight is 286 g/mol. The summed E-state index contributed by atoms with van der Waals surface area (Å²) in [5.74, 6) is 2.19. The molecule has 0 aliphatic heterocycles. The molecule has 0 radical (unpaired) electrons. The van der Waals surface area contributed by atoms with E-state index in [1.165, 1.54) is 32.1 Å². The van der Waals surface area contributed by atoms with Gasteiger partial charge in [-0.2, -0.15) is 0 Å². The van der Waals surface area contributed by atoms with Crippen molar-refractivity contribution in [1.82, 2.24) is 5.32 Å². The molecular formula is C18H26N2O. The zero-order chi connectivity index (χ0) is 14.7. The van der Waals surface area contributed by atoms with Crippen LogP contribution in [0.15, 0.2) is 24.3 Å². The van der Waals surface area contributed by atoms with Gasteiger partial charge in [0, 0.05) is 18.2 Å². The molecule has 114 valence electrons. The van der Waals surface area contributed by atoms with Crippen molar-refractivity contribution in [2.24, 2.45) is 17.8 Å². The second-order valence-corrected chi connectivity index (χ2v) is 6.77. The Hall–Kier alpha value is -1.51. The van der Waals surface area contributed by atoms with Gasteiger partial charge in [-0.3, -0.25) is 4.79 Å². The summed E-state index contributed by atoms with van der Waals surface area (Å²) in [6, 6.07) is 7.73. The Morgan fingerprint density at radius 2 is 1.76 bits per heavy atom. The van der Waals surface area contributed by atoms with Crippen LogP contribution in [0.2, 0.25) is 0 Å². The van der Waals surface area contributed by atoms with Gasteiger partial charge in [0.25, 0.3) is 0 Å². The molecule has 2 saturated carbocycles. The first kappa shape index (κ1) is 14.4. The van der Waals surface area contributed by atoms with Gasteiger partial charge in [0.2, 0.25) is 5.91 Å². The quantitative estimate of drug-likeness (QED) is 0.836. The minimum absolute atomic E-state index is 0.234. The van der Waals surface area contributed by atoms with Crippen LogP contribution in [0.5, 0.6) is 0 Å². The van der Waals surface area contributed by atoms with Crippen molar-refractivity contribution in [1.29, 1.82) is 0 Å². The van der Waals surface area contributed by atoms with Crippen LogP contribution in [0.4, 0.5) is 5.69 Å². The molecule has 3 N–H and O–H groups in total. The van der Waals surface area contributed by atoms with Gasteiger partial charge in [-0.25, -0.2) is 0 Å². The van der Waals surface area contributed by atoms with E-state index in [1.54, 1.807) is 0 Å². The lowest BCUT2D eigenvalue weighted by molar-refractivity contribution is -0.127. The minimum Gasteiger partial charge on any atom is -0.399 e. The average Bonchev–Trinajstić information content (AvgIpc) is 2.53. The second kappa shape index (κ2) is 6.50. The fraction of sp³-hybridized carbons (Fsp3) is 0.611. The van der Waals surface area contributed by atoms with E-state index in [0.29, 0.717) is 6.54 Å². The van der Waals surface area contributed by atoms with Gasteiger partial charge < -0.3 is 11.1 Å². The number of carbonyl (C=O) groups excluding carboxylic acids is 1. The monoisotopic (exact) mass is 286 g/mol. The van der Waals surface area contributed by atoms with Crippen molar-refractivity contribution < 1.29 is 4.79 Å². The third-order valence-corrected chi connectivity index (χ3v) is 5.36. The summed E-state index contributed by atoms with van der Waals surface area (Å²) in [4.78, 5) is 12.4. The van der Waals surface area contributed by atoms with Crippen molar-refractivity contribution in [3.63, 3.8) is 0 Å². The molecular weight excluding hydrogens is 260 g/mol. The van der Waals surface area contributed by atoms with Crippen LogP contribution in [-0.2, 0) is 11.3 Å². The number of nitrogen functional groups attached to an aromatic ring is 1. The number of fused-ring (bicyclic) bond motifs is 1. The fourth-order valence-corrected chi connectivity index (χ4v) is 4.08. The van der Waals surface area contributed by atoms with Gasteiger partial charge in [0.15, 0.2) is 0 Å². The van der Waals surface area contributed by atoms with E-state index in [9.17, 15) is 4.79 Å². The van der Waals surface area contributed by atoms with Crippen LogP contribution >= 0.6 is 0 Å². The lowest BCUT2D eigenvalue weighted by Crippen LogP contribution is -2.37. The van der Waals surface area contributed by atoms with Gasteiger partial charge in [-0.15, -0.1) is 0 Å². The van der Waals surface area contributed by atoms with E-state index in [0.717, 1.165) is 35.9 Å². The topological polar surface area (TPSA) is 55.1 Å². The molecule has 1 amide bonds. The Morgan fingerprint density at radius 3 is 2.52 bits per heavy atom. The maximum absolute atomic E-state index is 12.4. The van der Waals surface area contributed by atoms with E-state index < -0.39 is 0 Å². The first-order valence-electron chi connectivity index (χ1n) is 8.34. The van der Waals surface area contributed by atoms with Gasteiger partial charge in [0.05, 0.1) is 0 Å². The third-order valence-electron chi connectivity index (χ3n) is 5.36. The Bertz CT molecular complexity index is 482. The number of hydrogen-bond acceptors (Lipinski definition) is 2. The predicted molar refractivity (Wildman–Crippen MR) is 85.5 cm³/mol. The van der Waals surface area contributed by atoms with Gasteiger partial charge in [-0.05, 0) is 48.8 Å². The Labute approximate surface area is 127 Å². The summed E-state index contributed by atoms with van der Waals surface area (Å²) < 4.78 is 0. The van der Waals surface area contributed by atoms with E-state index in [1.807, 2.05) is 24.3 Å². The molecule has 2 aliphatic carbocycles. The molecule has 2 fully saturated rings. The van der Waals surface area contributed by atoms with Crippen LogP contribution < -0.4 is 11.1 Å². The molecule has 3 heteroatoms. The number of benzene rings is 1. The third kappa shape index (κ3) is 3.58. The lowest BCUT2D eigenvalue weighted by atomic mass is 9.67. The van der Waals surface area contributed by atoms with Crippen LogP contribution in [0.25, 0.3) is 0 Å². The molecule has 1 aromatic carbocycles. The normalized spacial score (nSPS) is 28.7. The van der Waals surface area contributed by atoms with E-state index in [4.69, 9.17) is 5.73 Å². The highest BCUT2D eigenvalue weighted by Gasteiger charge is 2.34. The first-order chi connectivity index (χ1) is 10.2. The molecule has 2 aliphatic rings. The van der Waals surface area contributed by atoms with E-state index in [2.05, 4.69) is 5.32 Å². The van der Waals surface area contributed by atoms with Crippen molar-refractivity contribution in [2.45, 2.75) is 51.5 Å². The van der Waals surface area contributed by atoms with Gasteiger partial charge in [0.1, 0.15) is 0 Å². The summed E-state index contributed by atoms with van der Waals surface area (Å²) >= 11 is 0. The highest BCUT2D eigenvalue weighted by molar-refractivity contribution is 5.78. The maximum atomic E-state index is 12.4. The van der Waals surface area contributed by atoms with Crippen LogP contribution in [0, 0.1) is 17.8 Å². The van der Waals surface area contributed by atoms with Crippen molar-refractivity contribution in [3.05, 3.63) is 29.8 Å². The van der Waals surface area contributed by atoms with E-state index >= 15 is 0 Å². The molecule has 3 atom stereocenters. The molecule has 0 spiro atoms. The Balaban J connectivity index is 1.50. The number of carbonyl (C=O) groups is 1. The molecule has 3 rings (SSSR count). The highest BCUT2D eigenvalue weighted by atomic mass is 16.1. The number of nitrogens with one attached hydrogen (secondary N) is 1. The minimum atomic E-state index is 0.234. The smallest absolute Gasteiger partial charge is 0.223 e. The zero-order valence-electron chi connectivity index (χ0n) is 12.7. The van der Waals surface area contributed by atoms with Crippen LogP contribution in [-0.4, -0.2) is 5.91 Å². The van der Waals surface area contributed by atoms with Gasteiger partial charge in [-0.1, -0.05) is 37.8 Å². The number of hydrogen-bond donors (Lipinski definition) is 2. The summed E-state index contributed by atoms with van der Waals surface area (Å²) in [6.45, 7) is 0.615. The van der Waals surface area contributed by atoms with Gasteiger partial charge >= 0.3 is 0 Å². The molecule has 0 aromatic heterocycles. The second-order valence-electron chi connectivity index (χ2n) is 6.77. The van der Waals surface area contributed by atoms with Crippen LogP contribution in [0.1, 0.15) is 50.5 Å². The first-order valence-corrected chi connectivity index (χ1v) is 8.34. The highest BCUT2D eigenvalue weighted by Crippen LogP contribution is 2.42. The predicted octanol–water partition coefficient (Wildman–Crippen LogP) is 3.49. The Morgan fingerprint density at radius 1 is 1.05 bits per heavy atom. The molecule has 21 heavy (non-hydrogen) atoms. The largest absolute Gasteiger partial charge is 0.399 e. The standard InChI is InChI=1S/C18H26N2O/c19-17-9-5-13(6-10-17)12-20-18(21)16-8-7-14-3-1-2-4-15(14)11-16/h5-6,9-10,14-16H,1-4,7-8,11-12,19H2,(H,20,21). The number of amides is 1. The summed E-state index contributed by atoms with van der Waals surface area (Å²) in [7, 11) is 0. The molecule has 3 nitrogen and oxygen atoms in total. The molecule has 0 heterocycles. The fourth-order valence-electron chi connectivity index (χ4n) is 4.08. The lowest BCUT2D eigenvalue weighted by Gasteiger charge is -2.38.